The lowest BCUT2D eigenvalue weighted by Crippen LogP contribution is -2.14. The molecule has 29 heavy (non-hydrogen) atoms. The van der Waals surface area contributed by atoms with E-state index < -0.39 is 11.7 Å². The highest BCUT2D eigenvalue weighted by Crippen LogP contribution is 2.33. The van der Waals surface area contributed by atoms with Crippen molar-refractivity contribution in [2.45, 2.75) is 25.9 Å². The van der Waals surface area contributed by atoms with E-state index in [9.17, 15) is 18.0 Å². The zero-order valence-electron chi connectivity index (χ0n) is 15.6. The van der Waals surface area contributed by atoms with Crippen LogP contribution in [0.25, 0.3) is 28.0 Å². The minimum atomic E-state index is -4.47. The summed E-state index contributed by atoms with van der Waals surface area (Å²) in [4.78, 5) is 17.3. The van der Waals surface area contributed by atoms with Crippen LogP contribution >= 0.6 is 0 Å². The largest absolute Gasteiger partial charge is 0.416 e. The van der Waals surface area contributed by atoms with Crippen molar-refractivity contribution in [2.24, 2.45) is 0 Å². The number of alkyl halides is 3. The molecule has 0 spiro atoms. The molecule has 2 aromatic heterocycles. The molecule has 0 aliphatic heterocycles. The van der Waals surface area contributed by atoms with E-state index in [1.807, 2.05) is 37.3 Å². The van der Waals surface area contributed by atoms with E-state index in [-0.39, 0.29) is 16.8 Å². The Morgan fingerprint density at radius 3 is 2.41 bits per heavy atom. The van der Waals surface area contributed by atoms with Gasteiger partial charge < -0.3 is 0 Å². The lowest BCUT2D eigenvalue weighted by Gasteiger charge is -2.09. The molecule has 0 aliphatic rings. The van der Waals surface area contributed by atoms with Crippen LogP contribution in [0.4, 0.5) is 13.2 Å². The van der Waals surface area contributed by atoms with E-state index in [0.717, 1.165) is 35.4 Å². The molecule has 4 rings (SSSR count). The standard InChI is InChI=1S/C22H18F3N3O/c1-2-7-17-20(14-8-4-3-5-9-14)21-26-18(13-19(29)28(21)27-17)15-10-6-11-16(12-15)22(23,24)25/h3-6,8-13,27H,2,7H2,1H3. The Hall–Kier alpha value is -3.35. The van der Waals surface area contributed by atoms with Crippen molar-refractivity contribution in [1.29, 1.82) is 0 Å². The second-order valence-electron chi connectivity index (χ2n) is 6.80. The first kappa shape index (κ1) is 19.0. The molecule has 0 aliphatic carbocycles. The van der Waals surface area contributed by atoms with Gasteiger partial charge in [-0.25, -0.2) is 9.50 Å². The van der Waals surface area contributed by atoms with Crippen LogP contribution in [0.15, 0.2) is 65.5 Å². The Labute approximate surface area is 164 Å². The van der Waals surface area contributed by atoms with E-state index in [1.54, 1.807) is 0 Å². The minimum Gasteiger partial charge on any atom is -0.293 e. The van der Waals surface area contributed by atoms with Gasteiger partial charge in [0.15, 0.2) is 5.65 Å². The third-order valence-electron chi connectivity index (χ3n) is 4.74. The summed E-state index contributed by atoms with van der Waals surface area (Å²) in [6, 6.07) is 15.6. The number of aromatic amines is 1. The Morgan fingerprint density at radius 1 is 1.00 bits per heavy atom. The lowest BCUT2D eigenvalue weighted by atomic mass is 10.0. The molecule has 0 atom stereocenters. The van der Waals surface area contributed by atoms with Crippen LogP contribution in [0.3, 0.4) is 0 Å². The molecule has 4 aromatic rings. The monoisotopic (exact) mass is 397 g/mol. The molecule has 2 aromatic carbocycles. The predicted molar refractivity (Wildman–Crippen MR) is 106 cm³/mol. The van der Waals surface area contributed by atoms with Crippen molar-refractivity contribution in [3.63, 3.8) is 0 Å². The molecule has 0 unspecified atom stereocenters. The van der Waals surface area contributed by atoms with Crippen molar-refractivity contribution < 1.29 is 13.2 Å². The lowest BCUT2D eigenvalue weighted by molar-refractivity contribution is -0.137. The average Bonchev–Trinajstić information content (AvgIpc) is 3.07. The molecular formula is C22H18F3N3O. The maximum Gasteiger partial charge on any atom is 0.416 e. The van der Waals surface area contributed by atoms with Gasteiger partial charge in [-0.2, -0.15) is 13.2 Å². The molecular weight excluding hydrogens is 379 g/mol. The van der Waals surface area contributed by atoms with Gasteiger partial charge in [0.05, 0.1) is 11.3 Å². The number of aromatic nitrogens is 3. The molecule has 2 heterocycles. The summed E-state index contributed by atoms with van der Waals surface area (Å²) in [5.74, 6) is 0. The number of fused-ring (bicyclic) bond motifs is 1. The van der Waals surface area contributed by atoms with Gasteiger partial charge in [0, 0.05) is 22.9 Å². The first-order chi connectivity index (χ1) is 13.9. The van der Waals surface area contributed by atoms with Gasteiger partial charge in [-0.3, -0.25) is 9.89 Å². The third kappa shape index (κ3) is 3.55. The second kappa shape index (κ2) is 7.24. The van der Waals surface area contributed by atoms with Crippen LogP contribution in [0.2, 0.25) is 0 Å². The minimum absolute atomic E-state index is 0.209. The van der Waals surface area contributed by atoms with Gasteiger partial charge in [-0.05, 0) is 24.1 Å². The molecule has 148 valence electrons. The van der Waals surface area contributed by atoms with Crippen molar-refractivity contribution in [1.82, 2.24) is 14.6 Å². The van der Waals surface area contributed by atoms with Crippen LogP contribution in [-0.2, 0) is 12.6 Å². The summed E-state index contributed by atoms with van der Waals surface area (Å²) in [6.07, 6.45) is -2.89. The van der Waals surface area contributed by atoms with Gasteiger partial charge >= 0.3 is 6.18 Å². The summed E-state index contributed by atoms with van der Waals surface area (Å²) in [6.45, 7) is 2.03. The van der Waals surface area contributed by atoms with E-state index in [2.05, 4.69) is 10.1 Å². The number of benzene rings is 2. The maximum atomic E-state index is 13.1. The summed E-state index contributed by atoms with van der Waals surface area (Å²) in [5, 5.41) is 3.11. The van der Waals surface area contributed by atoms with E-state index in [0.29, 0.717) is 12.1 Å². The first-order valence-electron chi connectivity index (χ1n) is 9.26. The summed E-state index contributed by atoms with van der Waals surface area (Å²) < 4.78 is 40.6. The fraction of sp³-hybridized carbons (Fsp3) is 0.182. The maximum absolute atomic E-state index is 13.1. The summed E-state index contributed by atoms with van der Waals surface area (Å²) >= 11 is 0. The average molecular weight is 397 g/mol. The number of hydrogen-bond donors (Lipinski definition) is 1. The fourth-order valence-corrected chi connectivity index (χ4v) is 3.43. The highest BCUT2D eigenvalue weighted by Gasteiger charge is 2.30. The van der Waals surface area contributed by atoms with Crippen molar-refractivity contribution >= 4 is 5.65 Å². The molecule has 4 nitrogen and oxygen atoms in total. The first-order valence-corrected chi connectivity index (χ1v) is 9.26. The smallest absolute Gasteiger partial charge is 0.293 e. The van der Waals surface area contributed by atoms with Gasteiger partial charge in [0.2, 0.25) is 0 Å². The summed E-state index contributed by atoms with van der Waals surface area (Å²) in [5.41, 5.74) is 2.25. The van der Waals surface area contributed by atoms with Crippen LogP contribution in [-0.4, -0.2) is 14.6 Å². The topological polar surface area (TPSA) is 50.2 Å². The number of hydrogen-bond acceptors (Lipinski definition) is 2. The van der Waals surface area contributed by atoms with Gasteiger partial charge in [-0.1, -0.05) is 55.8 Å². The highest BCUT2D eigenvalue weighted by atomic mass is 19.4. The quantitative estimate of drug-likeness (QED) is 0.506. The van der Waals surface area contributed by atoms with E-state index in [1.165, 1.54) is 22.7 Å². The Bertz CT molecular complexity index is 1220. The fourth-order valence-electron chi connectivity index (χ4n) is 3.43. The van der Waals surface area contributed by atoms with Crippen LogP contribution in [0.1, 0.15) is 24.6 Å². The molecule has 0 saturated carbocycles. The van der Waals surface area contributed by atoms with Crippen molar-refractivity contribution in [3.8, 4) is 22.4 Å². The van der Waals surface area contributed by atoms with Crippen LogP contribution in [0, 0.1) is 0 Å². The van der Waals surface area contributed by atoms with Crippen molar-refractivity contribution in [3.05, 3.63) is 82.3 Å². The number of rotatable bonds is 4. The Balaban J connectivity index is 1.97. The normalized spacial score (nSPS) is 11.9. The molecule has 0 bridgehead atoms. The number of nitrogens with one attached hydrogen (secondary N) is 1. The molecule has 0 radical (unpaired) electrons. The van der Waals surface area contributed by atoms with Crippen LogP contribution in [0.5, 0.6) is 0 Å². The van der Waals surface area contributed by atoms with Gasteiger partial charge in [0.1, 0.15) is 0 Å². The Kier molecular flexibility index (Phi) is 4.74. The number of aryl methyl sites for hydroxylation is 1. The second-order valence-corrected chi connectivity index (χ2v) is 6.80. The Morgan fingerprint density at radius 2 is 1.72 bits per heavy atom. The SMILES string of the molecule is CCCc1[nH]n2c(=O)cc(-c3cccc(C(F)(F)F)c3)nc2c1-c1ccccc1. The number of H-pyrrole nitrogens is 1. The van der Waals surface area contributed by atoms with E-state index >= 15 is 0 Å². The summed E-state index contributed by atoms with van der Waals surface area (Å²) in [7, 11) is 0. The zero-order chi connectivity index (χ0) is 20.6. The van der Waals surface area contributed by atoms with Gasteiger partial charge in [-0.15, -0.1) is 0 Å². The molecule has 0 amide bonds. The number of halogens is 3. The highest BCUT2D eigenvalue weighted by molar-refractivity contribution is 5.81. The molecule has 7 heteroatoms. The van der Waals surface area contributed by atoms with E-state index in [4.69, 9.17) is 0 Å². The van der Waals surface area contributed by atoms with Gasteiger partial charge in [0.25, 0.3) is 5.56 Å². The molecule has 0 saturated heterocycles. The van der Waals surface area contributed by atoms with Crippen molar-refractivity contribution in [2.75, 3.05) is 0 Å². The molecule has 1 N–H and O–H groups in total. The zero-order valence-corrected chi connectivity index (χ0v) is 15.6. The molecule has 0 fully saturated rings. The van der Waals surface area contributed by atoms with Crippen LogP contribution < -0.4 is 5.56 Å². The third-order valence-corrected chi connectivity index (χ3v) is 4.74. The number of nitrogens with zero attached hydrogens (tertiary/aromatic N) is 2. The predicted octanol–water partition coefficient (Wildman–Crippen LogP) is 5.33.